The quantitative estimate of drug-likeness (QED) is 0.843. The maximum absolute atomic E-state index is 12.5. The summed E-state index contributed by atoms with van der Waals surface area (Å²) >= 11 is 0. The molecule has 3 rings (SSSR count). The van der Waals surface area contributed by atoms with Crippen LogP contribution in [0.4, 0.5) is 0 Å². The number of piperidine rings is 1. The summed E-state index contributed by atoms with van der Waals surface area (Å²) in [7, 11) is 1.62. The van der Waals surface area contributed by atoms with E-state index >= 15 is 0 Å². The number of hydroxylamine groups is 2. The largest absolute Gasteiger partial charge is 0.497 e. The highest BCUT2D eigenvalue weighted by Crippen LogP contribution is 2.36. The summed E-state index contributed by atoms with van der Waals surface area (Å²) in [5.41, 5.74) is 0.579. The van der Waals surface area contributed by atoms with Gasteiger partial charge < -0.3 is 9.64 Å². The lowest BCUT2D eigenvalue weighted by molar-refractivity contribution is -0.208. The smallest absolute Gasteiger partial charge is 0.249 e. The fourth-order valence-electron chi connectivity index (χ4n) is 3.38. The fourth-order valence-corrected chi connectivity index (χ4v) is 3.38. The molecule has 1 aromatic rings. The predicted molar refractivity (Wildman–Crippen MR) is 88.3 cm³/mol. The highest BCUT2D eigenvalue weighted by molar-refractivity contribution is 5.80. The van der Waals surface area contributed by atoms with E-state index in [0.29, 0.717) is 45.3 Å². The van der Waals surface area contributed by atoms with E-state index in [2.05, 4.69) is 0 Å². The molecule has 6 nitrogen and oxygen atoms in total. The van der Waals surface area contributed by atoms with Gasteiger partial charge in [0.15, 0.2) is 0 Å². The second kappa shape index (κ2) is 6.81. The maximum Gasteiger partial charge on any atom is 0.249 e. The molecule has 2 heterocycles. The first-order valence-corrected chi connectivity index (χ1v) is 8.45. The number of likely N-dealkylation sites (tertiary alicyclic amines) is 1. The van der Waals surface area contributed by atoms with E-state index < -0.39 is 5.60 Å². The molecule has 2 aliphatic rings. The van der Waals surface area contributed by atoms with Gasteiger partial charge in [-0.2, -0.15) is 0 Å². The number of benzene rings is 1. The van der Waals surface area contributed by atoms with Gasteiger partial charge in [0.25, 0.3) is 0 Å². The number of carbonyl (C=O) groups excluding carboxylic acids is 2. The van der Waals surface area contributed by atoms with Crippen LogP contribution in [0.25, 0.3) is 0 Å². The number of carbonyl (C=O) groups is 2. The molecule has 1 aromatic carbocycles. The number of ether oxygens (including phenoxy) is 1. The number of hydrogen-bond acceptors (Lipinski definition) is 4. The summed E-state index contributed by atoms with van der Waals surface area (Å²) in [6.45, 7) is 3.75. The first-order valence-electron chi connectivity index (χ1n) is 8.45. The highest BCUT2D eigenvalue weighted by atomic mass is 16.7. The molecule has 6 heteroatoms. The van der Waals surface area contributed by atoms with Crippen molar-refractivity contribution in [3.8, 4) is 5.75 Å². The molecule has 2 saturated heterocycles. The van der Waals surface area contributed by atoms with E-state index in [1.54, 1.807) is 7.11 Å². The minimum Gasteiger partial charge on any atom is -0.497 e. The van der Waals surface area contributed by atoms with Crippen molar-refractivity contribution in [2.75, 3.05) is 26.7 Å². The molecule has 1 spiro atoms. The van der Waals surface area contributed by atoms with Gasteiger partial charge in [0.05, 0.1) is 20.0 Å². The lowest BCUT2D eigenvalue weighted by Crippen LogP contribution is -2.47. The predicted octanol–water partition coefficient (Wildman–Crippen LogP) is 1.78. The standard InChI is InChI=1S/C18H24N2O4/c1-3-20-17(22)13-18(24-20)8-10-19(11-9-18)16(21)12-14-4-6-15(23-2)7-5-14/h4-7H,3,8-13H2,1-2H3. The first-order chi connectivity index (χ1) is 11.5. The number of amides is 2. The lowest BCUT2D eigenvalue weighted by atomic mass is 9.88. The zero-order chi connectivity index (χ0) is 17.2. The van der Waals surface area contributed by atoms with Gasteiger partial charge in [0.1, 0.15) is 11.4 Å². The van der Waals surface area contributed by atoms with E-state index in [4.69, 9.17) is 9.57 Å². The van der Waals surface area contributed by atoms with Crippen molar-refractivity contribution in [3.63, 3.8) is 0 Å². The number of rotatable bonds is 4. The minimum atomic E-state index is -0.399. The van der Waals surface area contributed by atoms with Crippen LogP contribution >= 0.6 is 0 Å². The summed E-state index contributed by atoms with van der Waals surface area (Å²) in [5.74, 6) is 0.955. The Labute approximate surface area is 142 Å². The zero-order valence-electron chi connectivity index (χ0n) is 14.3. The topological polar surface area (TPSA) is 59.1 Å². The summed E-state index contributed by atoms with van der Waals surface area (Å²) in [5, 5.41) is 1.45. The summed E-state index contributed by atoms with van der Waals surface area (Å²) in [4.78, 5) is 32.1. The molecule has 24 heavy (non-hydrogen) atoms. The molecule has 0 aromatic heterocycles. The first kappa shape index (κ1) is 16.8. The van der Waals surface area contributed by atoms with Gasteiger partial charge in [0, 0.05) is 19.6 Å². The molecule has 0 unspecified atom stereocenters. The molecule has 0 saturated carbocycles. The van der Waals surface area contributed by atoms with Gasteiger partial charge in [-0.1, -0.05) is 12.1 Å². The molecule has 0 bridgehead atoms. The second-order valence-electron chi connectivity index (χ2n) is 6.45. The fraction of sp³-hybridized carbons (Fsp3) is 0.556. The van der Waals surface area contributed by atoms with Crippen LogP contribution in [-0.2, 0) is 20.8 Å². The molecule has 2 amide bonds. The van der Waals surface area contributed by atoms with Crippen LogP contribution in [0.5, 0.6) is 5.75 Å². The van der Waals surface area contributed by atoms with Crippen LogP contribution in [0.3, 0.4) is 0 Å². The Bertz CT molecular complexity index is 606. The molecular formula is C18H24N2O4. The van der Waals surface area contributed by atoms with Gasteiger partial charge in [-0.25, -0.2) is 5.06 Å². The van der Waals surface area contributed by atoms with Crippen molar-refractivity contribution in [2.45, 2.75) is 38.2 Å². The molecule has 130 valence electrons. The van der Waals surface area contributed by atoms with Crippen molar-refractivity contribution < 1.29 is 19.2 Å². The van der Waals surface area contributed by atoms with Gasteiger partial charge in [-0.05, 0) is 37.5 Å². The minimum absolute atomic E-state index is 0.0514. The van der Waals surface area contributed by atoms with Crippen LogP contribution in [0.1, 0.15) is 31.7 Å². The van der Waals surface area contributed by atoms with E-state index in [9.17, 15) is 9.59 Å². The van der Waals surface area contributed by atoms with Gasteiger partial charge >= 0.3 is 0 Å². The summed E-state index contributed by atoms with van der Waals surface area (Å²) in [6, 6.07) is 7.57. The number of methoxy groups -OCH3 is 1. The Morgan fingerprint density at radius 1 is 1.25 bits per heavy atom. The molecule has 0 radical (unpaired) electrons. The molecule has 2 fully saturated rings. The Morgan fingerprint density at radius 3 is 2.46 bits per heavy atom. The third kappa shape index (κ3) is 3.38. The average Bonchev–Trinajstić information content (AvgIpc) is 2.91. The van der Waals surface area contributed by atoms with Crippen molar-refractivity contribution in [1.29, 1.82) is 0 Å². The third-order valence-corrected chi connectivity index (χ3v) is 4.88. The number of nitrogens with zero attached hydrogens (tertiary/aromatic N) is 2. The maximum atomic E-state index is 12.5. The van der Waals surface area contributed by atoms with Crippen molar-refractivity contribution in [3.05, 3.63) is 29.8 Å². The highest BCUT2D eigenvalue weighted by Gasteiger charge is 2.46. The summed E-state index contributed by atoms with van der Waals surface area (Å²) in [6.07, 6.45) is 2.24. The monoisotopic (exact) mass is 332 g/mol. The molecule has 0 atom stereocenters. The van der Waals surface area contributed by atoms with Crippen LogP contribution < -0.4 is 4.74 Å². The second-order valence-corrected chi connectivity index (χ2v) is 6.45. The Morgan fingerprint density at radius 2 is 1.92 bits per heavy atom. The SMILES string of the molecule is CCN1OC2(CCN(C(=O)Cc3ccc(OC)cc3)CC2)CC1=O. The van der Waals surface area contributed by atoms with E-state index in [1.807, 2.05) is 36.1 Å². The van der Waals surface area contributed by atoms with Gasteiger partial charge in [0.2, 0.25) is 11.8 Å². The van der Waals surface area contributed by atoms with E-state index in [1.165, 1.54) is 5.06 Å². The number of hydrogen-bond donors (Lipinski definition) is 0. The Kier molecular flexibility index (Phi) is 4.76. The molecule has 2 aliphatic heterocycles. The van der Waals surface area contributed by atoms with Crippen LogP contribution in [0.2, 0.25) is 0 Å². The Hall–Kier alpha value is -2.08. The van der Waals surface area contributed by atoms with Gasteiger partial charge in [-0.15, -0.1) is 0 Å². The van der Waals surface area contributed by atoms with Crippen LogP contribution in [0, 0.1) is 0 Å². The van der Waals surface area contributed by atoms with Crippen LogP contribution in [-0.4, -0.2) is 54.1 Å². The van der Waals surface area contributed by atoms with Crippen molar-refractivity contribution in [1.82, 2.24) is 9.96 Å². The van der Waals surface area contributed by atoms with E-state index in [-0.39, 0.29) is 11.8 Å². The van der Waals surface area contributed by atoms with Gasteiger partial charge in [-0.3, -0.25) is 14.4 Å². The normalized spacial score (nSPS) is 19.8. The third-order valence-electron chi connectivity index (χ3n) is 4.88. The van der Waals surface area contributed by atoms with Crippen LogP contribution in [0.15, 0.2) is 24.3 Å². The zero-order valence-corrected chi connectivity index (χ0v) is 14.3. The van der Waals surface area contributed by atoms with Crippen molar-refractivity contribution in [2.24, 2.45) is 0 Å². The Balaban J connectivity index is 1.54. The molecular weight excluding hydrogens is 308 g/mol. The molecule has 0 aliphatic carbocycles. The lowest BCUT2D eigenvalue weighted by Gasteiger charge is -2.37. The summed E-state index contributed by atoms with van der Waals surface area (Å²) < 4.78 is 5.13. The van der Waals surface area contributed by atoms with Crippen molar-refractivity contribution >= 4 is 11.8 Å². The molecule has 0 N–H and O–H groups in total. The van der Waals surface area contributed by atoms with E-state index in [0.717, 1.165) is 11.3 Å². The average molecular weight is 332 g/mol.